The monoisotopic (exact) mass is 527 g/mol. The van der Waals surface area contributed by atoms with Gasteiger partial charge in [-0.2, -0.15) is 0 Å². The predicted octanol–water partition coefficient (Wildman–Crippen LogP) is 9.22. The van der Waals surface area contributed by atoms with Gasteiger partial charge in [0.05, 0.1) is 22.5 Å². The normalized spacial score (nSPS) is 13.9. The largest absolute Gasteiger partial charge is 0.310 e. The van der Waals surface area contributed by atoms with Crippen molar-refractivity contribution in [1.29, 1.82) is 0 Å². The molecule has 0 fully saturated rings. The maximum absolute atomic E-state index is 4.78. The summed E-state index contributed by atoms with van der Waals surface area (Å²) in [5.41, 5.74) is 15.3. The van der Waals surface area contributed by atoms with Gasteiger partial charge < -0.3 is 4.90 Å². The van der Waals surface area contributed by atoms with E-state index in [1.54, 1.807) is 0 Å². The Morgan fingerprint density at radius 2 is 1.00 bits per heavy atom. The highest BCUT2D eigenvalue weighted by molar-refractivity contribution is 5.95. The third-order valence-corrected chi connectivity index (χ3v) is 8.95. The molecule has 0 unspecified atom stereocenters. The first-order chi connectivity index (χ1) is 20.1. The van der Waals surface area contributed by atoms with Gasteiger partial charge in [0.1, 0.15) is 5.82 Å². The highest BCUT2D eigenvalue weighted by atomic mass is 15.2. The number of benzene rings is 5. The van der Waals surface area contributed by atoms with Crippen LogP contribution >= 0.6 is 0 Å². The molecule has 3 nitrogen and oxygen atoms in total. The second-order valence-electron chi connectivity index (χ2n) is 11.1. The summed E-state index contributed by atoms with van der Waals surface area (Å²) in [4.78, 5) is 11.8. The van der Waals surface area contributed by atoms with Crippen LogP contribution < -0.4 is 4.90 Å². The molecule has 0 saturated heterocycles. The Kier molecular flexibility index (Phi) is 5.08. The molecule has 2 aliphatic rings. The van der Waals surface area contributed by atoms with E-state index in [0.717, 1.165) is 34.0 Å². The zero-order chi connectivity index (χ0) is 27.7. The second-order valence-corrected chi connectivity index (χ2v) is 11.1. The first-order valence-corrected chi connectivity index (χ1v) is 14.2. The molecule has 1 aliphatic carbocycles. The zero-order valence-electron chi connectivity index (χ0n) is 23.4. The number of hydrogen-bond acceptors (Lipinski definition) is 3. The lowest BCUT2D eigenvalue weighted by Gasteiger charge is -2.45. The molecule has 3 heteroatoms. The average Bonchev–Trinajstić information content (AvgIpc) is 3.31. The van der Waals surface area contributed by atoms with E-state index in [0.29, 0.717) is 0 Å². The molecule has 0 atom stereocenters. The van der Waals surface area contributed by atoms with Crippen LogP contribution in [0.2, 0.25) is 0 Å². The Bertz CT molecular complexity index is 1890. The van der Waals surface area contributed by atoms with Gasteiger partial charge in [-0.15, -0.1) is 0 Å². The van der Waals surface area contributed by atoms with Crippen molar-refractivity contribution in [2.75, 3.05) is 4.90 Å². The van der Waals surface area contributed by atoms with Crippen molar-refractivity contribution in [2.45, 2.75) is 26.2 Å². The molecule has 0 bridgehead atoms. The highest BCUT2D eigenvalue weighted by Crippen LogP contribution is 2.63. The third kappa shape index (κ3) is 3.20. The SMILES string of the molecule is Cc1nc(C)c(C)c(-c2ccc(N3c4ccccc4C4(c5ccccc5-c5ccccc54)c4ccccc43)cc2)n1. The van der Waals surface area contributed by atoms with Gasteiger partial charge in [-0.3, -0.25) is 0 Å². The molecule has 8 rings (SSSR count). The molecule has 0 N–H and O–H groups in total. The van der Waals surface area contributed by atoms with Crippen LogP contribution in [0.25, 0.3) is 22.4 Å². The van der Waals surface area contributed by atoms with Gasteiger partial charge in [-0.25, -0.2) is 9.97 Å². The number of nitrogens with zero attached hydrogens (tertiary/aromatic N) is 3. The van der Waals surface area contributed by atoms with Crippen molar-refractivity contribution >= 4 is 17.1 Å². The highest BCUT2D eigenvalue weighted by Gasteiger charge is 2.51. The summed E-state index contributed by atoms with van der Waals surface area (Å²) in [5, 5.41) is 0. The number of aryl methyl sites for hydroxylation is 2. The van der Waals surface area contributed by atoms with Crippen LogP contribution in [0.5, 0.6) is 0 Å². The maximum atomic E-state index is 4.78. The number of hydrogen-bond donors (Lipinski definition) is 0. The molecule has 1 aromatic heterocycles. The molecule has 0 radical (unpaired) electrons. The summed E-state index contributed by atoms with van der Waals surface area (Å²) in [6.07, 6.45) is 0. The van der Waals surface area contributed by atoms with Gasteiger partial charge >= 0.3 is 0 Å². The van der Waals surface area contributed by atoms with Crippen molar-refractivity contribution in [1.82, 2.24) is 9.97 Å². The minimum atomic E-state index is -0.385. The van der Waals surface area contributed by atoms with E-state index in [-0.39, 0.29) is 5.41 Å². The zero-order valence-corrected chi connectivity index (χ0v) is 23.4. The lowest BCUT2D eigenvalue weighted by molar-refractivity contribution is 0.752. The lowest BCUT2D eigenvalue weighted by atomic mass is 9.64. The minimum absolute atomic E-state index is 0.385. The molecule has 5 aromatic carbocycles. The topological polar surface area (TPSA) is 29.0 Å². The molecule has 6 aromatic rings. The second kappa shape index (κ2) is 8.74. The molecule has 0 amide bonds. The quantitative estimate of drug-likeness (QED) is 0.224. The molecular formula is C38H29N3. The van der Waals surface area contributed by atoms with Crippen LogP contribution in [0.3, 0.4) is 0 Å². The van der Waals surface area contributed by atoms with Gasteiger partial charge in [0.2, 0.25) is 0 Å². The van der Waals surface area contributed by atoms with Crippen molar-refractivity contribution in [3.63, 3.8) is 0 Å². The summed E-state index contributed by atoms with van der Waals surface area (Å²) >= 11 is 0. The van der Waals surface area contributed by atoms with Crippen LogP contribution in [0.15, 0.2) is 121 Å². The van der Waals surface area contributed by atoms with Gasteiger partial charge in [0, 0.05) is 16.9 Å². The Balaban J connectivity index is 1.37. The van der Waals surface area contributed by atoms with E-state index >= 15 is 0 Å². The number of fused-ring (bicyclic) bond motifs is 9. The summed E-state index contributed by atoms with van der Waals surface area (Å²) in [7, 11) is 0. The fourth-order valence-corrected chi connectivity index (χ4v) is 7.16. The van der Waals surface area contributed by atoms with Crippen LogP contribution in [0.1, 0.15) is 39.3 Å². The van der Waals surface area contributed by atoms with E-state index in [1.165, 1.54) is 44.8 Å². The number of rotatable bonds is 2. The maximum Gasteiger partial charge on any atom is 0.126 e. The van der Waals surface area contributed by atoms with Crippen molar-refractivity contribution < 1.29 is 0 Å². The number of anilines is 3. The van der Waals surface area contributed by atoms with Crippen LogP contribution in [0, 0.1) is 20.8 Å². The van der Waals surface area contributed by atoms with Crippen LogP contribution in [-0.2, 0) is 5.41 Å². The third-order valence-electron chi connectivity index (χ3n) is 8.95. The summed E-state index contributed by atoms with van der Waals surface area (Å²) in [6, 6.07) is 44.6. The standard InChI is InChI=1S/C38H29N3/c1-24-25(2)39-26(3)40-37(24)27-20-22-28(23-21-27)41-35-18-10-8-16-33(35)38(34-17-9-11-19-36(34)41)31-14-6-4-12-29(31)30-13-5-7-15-32(30)38/h4-23H,1-3H3. The molecule has 41 heavy (non-hydrogen) atoms. The summed E-state index contributed by atoms with van der Waals surface area (Å²) in [6.45, 7) is 6.12. The van der Waals surface area contributed by atoms with Gasteiger partial charge in [-0.1, -0.05) is 97.1 Å². The lowest BCUT2D eigenvalue weighted by Crippen LogP contribution is -2.36. The van der Waals surface area contributed by atoms with E-state index in [2.05, 4.69) is 145 Å². The number of para-hydroxylation sites is 2. The van der Waals surface area contributed by atoms with Crippen molar-refractivity contribution in [3.05, 3.63) is 161 Å². The summed E-state index contributed by atoms with van der Waals surface area (Å²) < 4.78 is 0. The van der Waals surface area contributed by atoms with Crippen molar-refractivity contribution in [3.8, 4) is 22.4 Å². The Labute approximate surface area is 240 Å². The Hall–Kier alpha value is -5.02. The van der Waals surface area contributed by atoms with Gasteiger partial charge in [-0.05, 0) is 84.0 Å². The predicted molar refractivity (Wildman–Crippen MR) is 167 cm³/mol. The Morgan fingerprint density at radius 1 is 0.512 bits per heavy atom. The molecule has 2 heterocycles. The first kappa shape index (κ1) is 23.8. The molecule has 1 spiro atoms. The van der Waals surface area contributed by atoms with E-state index in [1.807, 2.05) is 6.92 Å². The number of aromatic nitrogens is 2. The molecule has 0 saturated carbocycles. The first-order valence-electron chi connectivity index (χ1n) is 14.2. The smallest absolute Gasteiger partial charge is 0.126 e. The molecule has 196 valence electrons. The van der Waals surface area contributed by atoms with Gasteiger partial charge in [0.15, 0.2) is 0 Å². The fraction of sp³-hybridized carbons (Fsp3) is 0.105. The Morgan fingerprint density at radius 3 is 1.56 bits per heavy atom. The molecular weight excluding hydrogens is 498 g/mol. The van der Waals surface area contributed by atoms with E-state index < -0.39 is 0 Å². The van der Waals surface area contributed by atoms with Crippen LogP contribution in [-0.4, -0.2) is 9.97 Å². The van der Waals surface area contributed by atoms with E-state index in [4.69, 9.17) is 4.98 Å². The average molecular weight is 528 g/mol. The minimum Gasteiger partial charge on any atom is -0.310 e. The molecule has 1 aliphatic heterocycles. The van der Waals surface area contributed by atoms with Crippen molar-refractivity contribution in [2.24, 2.45) is 0 Å². The fourth-order valence-electron chi connectivity index (χ4n) is 7.16. The summed E-state index contributed by atoms with van der Waals surface area (Å²) in [5.74, 6) is 0.800. The van der Waals surface area contributed by atoms with E-state index in [9.17, 15) is 0 Å². The van der Waals surface area contributed by atoms with Crippen LogP contribution in [0.4, 0.5) is 17.1 Å². The van der Waals surface area contributed by atoms with Gasteiger partial charge in [0.25, 0.3) is 0 Å².